The van der Waals surface area contributed by atoms with Crippen LogP contribution < -0.4 is 24.4 Å². The highest BCUT2D eigenvalue weighted by atomic mass is 16.5. The summed E-state index contributed by atoms with van der Waals surface area (Å²) in [6.45, 7) is 2.89. The number of benzene rings is 2. The molecular formula is C23H24N4O6. The Kier molecular flexibility index (Phi) is 6.43. The molecule has 1 fully saturated rings. The largest absolute Gasteiger partial charge is 0.497 e. The number of nitrogens with zero attached hydrogens (tertiary/aromatic N) is 3. The van der Waals surface area contributed by atoms with Gasteiger partial charge in [0.05, 0.1) is 26.7 Å². The highest BCUT2D eigenvalue weighted by Gasteiger charge is 2.35. The molecule has 0 spiro atoms. The van der Waals surface area contributed by atoms with Crippen molar-refractivity contribution in [2.45, 2.75) is 19.3 Å². The van der Waals surface area contributed by atoms with Crippen LogP contribution in [-0.4, -0.2) is 49.4 Å². The average molecular weight is 452 g/mol. The van der Waals surface area contributed by atoms with Crippen LogP contribution >= 0.6 is 0 Å². The SMILES string of the molecule is CCOc1ccc(N2CC(c3nnc(NC(=O)c4cc(OC)cc(OC)c4)o3)CC2=O)cc1. The van der Waals surface area contributed by atoms with Gasteiger partial charge in [-0.25, -0.2) is 0 Å². The molecule has 1 N–H and O–H groups in total. The summed E-state index contributed by atoms with van der Waals surface area (Å²) in [6, 6.07) is 12.1. The topological polar surface area (TPSA) is 116 Å². The lowest BCUT2D eigenvalue weighted by molar-refractivity contribution is -0.117. The van der Waals surface area contributed by atoms with E-state index in [1.54, 1.807) is 23.1 Å². The van der Waals surface area contributed by atoms with Gasteiger partial charge in [0.15, 0.2) is 0 Å². The van der Waals surface area contributed by atoms with Gasteiger partial charge in [0, 0.05) is 30.3 Å². The lowest BCUT2D eigenvalue weighted by Gasteiger charge is -2.16. The van der Waals surface area contributed by atoms with E-state index >= 15 is 0 Å². The summed E-state index contributed by atoms with van der Waals surface area (Å²) in [7, 11) is 3.00. The van der Waals surface area contributed by atoms with Crippen molar-refractivity contribution in [3.63, 3.8) is 0 Å². The normalized spacial score (nSPS) is 15.4. The molecule has 10 heteroatoms. The van der Waals surface area contributed by atoms with Crippen LogP contribution in [0, 0.1) is 0 Å². The van der Waals surface area contributed by atoms with Gasteiger partial charge < -0.3 is 23.5 Å². The lowest BCUT2D eigenvalue weighted by Crippen LogP contribution is -2.24. The third-order valence-electron chi connectivity index (χ3n) is 5.21. The Hall–Kier alpha value is -4.08. The van der Waals surface area contributed by atoms with Gasteiger partial charge in [-0.3, -0.25) is 14.9 Å². The first-order valence-corrected chi connectivity index (χ1v) is 10.4. The molecular weight excluding hydrogens is 428 g/mol. The maximum absolute atomic E-state index is 12.6. The molecule has 3 aromatic rings. The second-order valence-electron chi connectivity index (χ2n) is 7.33. The Morgan fingerprint density at radius 3 is 2.42 bits per heavy atom. The molecule has 2 amide bonds. The van der Waals surface area contributed by atoms with Crippen LogP contribution in [0.25, 0.3) is 0 Å². The highest BCUT2D eigenvalue weighted by Crippen LogP contribution is 2.32. The van der Waals surface area contributed by atoms with Crippen LogP contribution in [0.5, 0.6) is 17.2 Å². The van der Waals surface area contributed by atoms with Crippen LogP contribution in [0.1, 0.15) is 35.5 Å². The van der Waals surface area contributed by atoms with E-state index in [1.807, 2.05) is 31.2 Å². The predicted octanol–water partition coefficient (Wildman–Crippen LogP) is 3.26. The molecule has 0 radical (unpaired) electrons. The Bertz CT molecular complexity index is 1120. The van der Waals surface area contributed by atoms with E-state index in [1.165, 1.54) is 14.2 Å². The molecule has 1 unspecified atom stereocenters. The number of aromatic nitrogens is 2. The molecule has 4 rings (SSSR count). The van der Waals surface area contributed by atoms with Crippen molar-refractivity contribution < 1.29 is 28.2 Å². The number of nitrogens with one attached hydrogen (secondary N) is 1. The summed E-state index contributed by atoms with van der Waals surface area (Å²) in [4.78, 5) is 26.9. The van der Waals surface area contributed by atoms with Gasteiger partial charge in [-0.1, -0.05) is 5.10 Å². The summed E-state index contributed by atoms with van der Waals surface area (Å²) in [5.41, 5.74) is 1.08. The average Bonchev–Trinajstić information content (AvgIpc) is 3.46. The van der Waals surface area contributed by atoms with Crippen molar-refractivity contribution >= 4 is 23.5 Å². The zero-order valence-corrected chi connectivity index (χ0v) is 18.5. The summed E-state index contributed by atoms with van der Waals surface area (Å²) < 4.78 is 21.5. The molecule has 1 atom stereocenters. The Balaban J connectivity index is 1.43. The van der Waals surface area contributed by atoms with Gasteiger partial charge in [-0.15, -0.1) is 5.10 Å². The number of carbonyl (C=O) groups excluding carboxylic acids is 2. The summed E-state index contributed by atoms with van der Waals surface area (Å²) in [6.07, 6.45) is 0.232. The second kappa shape index (κ2) is 9.60. The Morgan fingerprint density at radius 2 is 1.79 bits per heavy atom. The number of hydrogen-bond donors (Lipinski definition) is 1. The van der Waals surface area contributed by atoms with E-state index in [2.05, 4.69) is 15.5 Å². The number of rotatable bonds is 8. The first-order chi connectivity index (χ1) is 16.0. The van der Waals surface area contributed by atoms with Gasteiger partial charge in [0.25, 0.3) is 5.91 Å². The molecule has 1 saturated heterocycles. The van der Waals surface area contributed by atoms with Crippen LogP contribution in [0.4, 0.5) is 11.7 Å². The fourth-order valence-corrected chi connectivity index (χ4v) is 3.57. The summed E-state index contributed by atoms with van der Waals surface area (Å²) in [5.74, 6) is 1.20. The minimum absolute atomic E-state index is 0.0450. The molecule has 1 aliphatic heterocycles. The maximum atomic E-state index is 12.6. The van der Waals surface area contributed by atoms with E-state index in [0.717, 1.165) is 11.4 Å². The molecule has 172 valence electrons. The summed E-state index contributed by atoms with van der Waals surface area (Å²) >= 11 is 0. The van der Waals surface area contributed by atoms with Crippen LogP contribution in [0.3, 0.4) is 0 Å². The zero-order chi connectivity index (χ0) is 23.4. The molecule has 0 bridgehead atoms. The number of methoxy groups -OCH3 is 2. The quantitative estimate of drug-likeness (QED) is 0.554. The van der Waals surface area contributed by atoms with E-state index in [4.69, 9.17) is 18.6 Å². The standard InChI is InChI=1S/C23H24N4O6/c1-4-32-17-7-5-16(6-8-17)27-13-15(11-20(27)28)22-25-26-23(33-22)24-21(29)14-9-18(30-2)12-19(10-14)31-3/h5-10,12,15H,4,11,13H2,1-3H3,(H,24,26,29). The lowest BCUT2D eigenvalue weighted by atomic mass is 10.1. The van der Waals surface area contributed by atoms with Crippen molar-refractivity contribution in [1.82, 2.24) is 10.2 Å². The molecule has 0 saturated carbocycles. The Morgan fingerprint density at radius 1 is 1.09 bits per heavy atom. The van der Waals surface area contributed by atoms with Crippen molar-refractivity contribution in [3.8, 4) is 17.2 Å². The van der Waals surface area contributed by atoms with E-state index in [9.17, 15) is 9.59 Å². The van der Waals surface area contributed by atoms with Crippen LogP contribution in [0.2, 0.25) is 0 Å². The Labute approximate surface area is 190 Å². The summed E-state index contributed by atoms with van der Waals surface area (Å²) in [5, 5.41) is 10.5. The number of amides is 2. The van der Waals surface area contributed by atoms with Crippen molar-refractivity contribution in [2.24, 2.45) is 0 Å². The van der Waals surface area contributed by atoms with E-state index in [0.29, 0.717) is 30.2 Å². The smallest absolute Gasteiger partial charge is 0.322 e. The van der Waals surface area contributed by atoms with E-state index in [-0.39, 0.29) is 30.2 Å². The number of ether oxygens (including phenoxy) is 3. The second-order valence-corrected chi connectivity index (χ2v) is 7.33. The third-order valence-corrected chi connectivity index (χ3v) is 5.21. The van der Waals surface area contributed by atoms with Crippen LogP contribution in [-0.2, 0) is 4.79 Å². The van der Waals surface area contributed by atoms with E-state index < -0.39 is 5.91 Å². The van der Waals surface area contributed by atoms with Gasteiger partial charge in [-0.05, 0) is 43.3 Å². The number of anilines is 2. The van der Waals surface area contributed by atoms with Gasteiger partial charge in [0.1, 0.15) is 17.2 Å². The first-order valence-electron chi connectivity index (χ1n) is 10.4. The first kappa shape index (κ1) is 22.1. The van der Waals surface area contributed by atoms with Crippen molar-refractivity contribution in [3.05, 3.63) is 53.9 Å². The molecule has 1 aromatic heterocycles. The van der Waals surface area contributed by atoms with Crippen LogP contribution in [0.15, 0.2) is 46.9 Å². The number of carbonyl (C=O) groups is 2. The minimum atomic E-state index is -0.457. The van der Waals surface area contributed by atoms with Crippen molar-refractivity contribution in [2.75, 3.05) is 37.6 Å². The minimum Gasteiger partial charge on any atom is -0.497 e. The molecule has 2 heterocycles. The highest BCUT2D eigenvalue weighted by molar-refractivity contribution is 6.03. The molecule has 2 aromatic carbocycles. The zero-order valence-electron chi connectivity index (χ0n) is 18.5. The fourth-order valence-electron chi connectivity index (χ4n) is 3.57. The third kappa shape index (κ3) is 4.89. The van der Waals surface area contributed by atoms with Crippen molar-refractivity contribution in [1.29, 1.82) is 0 Å². The molecule has 1 aliphatic rings. The van der Waals surface area contributed by atoms with Gasteiger partial charge >= 0.3 is 6.01 Å². The number of hydrogen-bond acceptors (Lipinski definition) is 8. The van der Waals surface area contributed by atoms with Gasteiger partial charge in [0.2, 0.25) is 11.8 Å². The maximum Gasteiger partial charge on any atom is 0.322 e. The molecule has 33 heavy (non-hydrogen) atoms. The predicted molar refractivity (Wildman–Crippen MR) is 119 cm³/mol. The molecule has 10 nitrogen and oxygen atoms in total. The molecule has 0 aliphatic carbocycles. The van der Waals surface area contributed by atoms with Gasteiger partial charge in [-0.2, -0.15) is 0 Å². The fraction of sp³-hybridized carbons (Fsp3) is 0.304. The monoisotopic (exact) mass is 452 g/mol.